The summed E-state index contributed by atoms with van der Waals surface area (Å²) in [6.45, 7) is 3.87. The number of rotatable bonds is 4. The summed E-state index contributed by atoms with van der Waals surface area (Å²) in [5.74, 6) is -0.724. The van der Waals surface area contributed by atoms with E-state index in [-0.39, 0.29) is 17.3 Å². The molecule has 0 saturated heterocycles. The molecule has 0 radical (unpaired) electrons. The summed E-state index contributed by atoms with van der Waals surface area (Å²) in [4.78, 5) is 8.65. The molecule has 0 spiro atoms. The molecule has 0 N–H and O–H groups in total. The third kappa shape index (κ3) is 2.73. The maximum absolute atomic E-state index is 14.7. The highest BCUT2D eigenvalue weighted by Crippen LogP contribution is 2.32. The first kappa shape index (κ1) is 16.0. The van der Waals surface area contributed by atoms with Crippen LogP contribution in [0.5, 0.6) is 5.75 Å². The largest absolute Gasteiger partial charge is 0.491 e. The van der Waals surface area contributed by atoms with Crippen molar-refractivity contribution in [2.75, 3.05) is 7.11 Å². The van der Waals surface area contributed by atoms with Crippen LogP contribution in [-0.2, 0) is 0 Å². The summed E-state index contributed by atoms with van der Waals surface area (Å²) in [5.41, 5.74) is 0.0957. The van der Waals surface area contributed by atoms with E-state index in [0.717, 1.165) is 6.07 Å². The van der Waals surface area contributed by atoms with Crippen molar-refractivity contribution >= 4 is 0 Å². The first-order valence-electron chi connectivity index (χ1n) is 7.43. The fourth-order valence-corrected chi connectivity index (χ4v) is 2.28. The molecule has 7 heteroatoms. The van der Waals surface area contributed by atoms with Crippen molar-refractivity contribution in [3.05, 3.63) is 54.0 Å². The molecule has 2 heterocycles. The summed E-state index contributed by atoms with van der Waals surface area (Å²) >= 11 is 0. The number of hydrogen-bond donors (Lipinski definition) is 0. The van der Waals surface area contributed by atoms with Crippen molar-refractivity contribution in [1.82, 2.24) is 19.7 Å². The highest BCUT2D eigenvalue weighted by molar-refractivity contribution is 5.61. The fraction of sp³-hybridized carbons (Fsp3) is 0.235. The molecule has 0 aliphatic carbocycles. The Balaban J connectivity index is 2.25. The van der Waals surface area contributed by atoms with Gasteiger partial charge in [-0.15, -0.1) is 5.10 Å². The summed E-state index contributed by atoms with van der Waals surface area (Å²) in [6.07, 6.45) is 1.61. The van der Waals surface area contributed by atoms with E-state index in [1.165, 1.54) is 17.9 Å². The van der Waals surface area contributed by atoms with Gasteiger partial charge in [-0.25, -0.2) is 18.7 Å². The topological polar surface area (TPSA) is 52.8 Å². The molecule has 0 aliphatic heterocycles. The molecule has 0 aliphatic rings. The van der Waals surface area contributed by atoms with Gasteiger partial charge in [-0.1, -0.05) is 19.9 Å². The Kier molecular flexibility index (Phi) is 4.24. The molecule has 3 rings (SSSR count). The molecular weight excluding hydrogens is 314 g/mol. The van der Waals surface area contributed by atoms with Crippen LogP contribution in [0.3, 0.4) is 0 Å². The van der Waals surface area contributed by atoms with Crippen molar-refractivity contribution in [2.24, 2.45) is 0 Å². The number of halogens is 2. The first-order valence-corrected chi connectivity index (χ1v) is 7.43. The zero-order valence-electron chi connectivity index (χ0n) is 13.5. The van der Waals surface area contributed by atoms with Crippen LogP contribution in [0.1, 0.15) is 25.6 Å². The van der Waals surface area contributed by atoms with Gasteiger partial charge in [0.15, 0.2) is 34.9 Å². The van der Waals surface area contributed by atoms with Crippen LogP contribution < -0.4 is 4.74 Å². The lowest BCUT2D eigenvalue weighted by molar-refractivity contribution is 0.360. The van der Waals surface area contributed by atoms with E-state index >= 15 is 0 Å². The Morgan fingerprint density at radius 1 is 1.12 bits per heavy atom. The predicted octanol–water partition coefficient (Wildman–Crippen LogP) is 3.74. The highest BCUT2D eigenvalue weighted by Gasteiger charge is 2.22. The molecule has 124 valence electrons. The number of nitrogens with zero attached hydrogens (tertiary/aromatic N) is 4. The lowest BCUT2D eigenvalue weighted by Crippen LogP contribution is -2.04. The van der Waals surface area contributed by atoms with E-state index in [4.69, 9.17) is 4.74 Å². The van der Waals surface area contributed by atoms with Crippen LogP contribution in [0.15, 0.2) is 36.5 Å². The molecule has 0 bridgehead atoms. The van der Waals surface area contributed by atoms with E-state index in [0.29, 0.717) is 11.6 Å². The molecule has 1 aromatic carbocycles. The van der Waals surface area contributed by atoms with E-state index in [9.17, 15) is 8.78 Å². The average molecular weight is 330 g/mol. The van der Waals surface area contributed by atoms with Gasteiger partial charge in [0, 0.05) is 12.1 Å². The molecule has 3 aromatic rings. The van der Waals surface area contributed by atoms with Crippen LogP contribution in [0.25, 0.3) is 17.2 Å². The lowest BCUT2D eigenvalue weighted by Gasteiger charge is -2.09. The SMILES string of the molecule is COc1c(F)ccc(-c2nc(C(C)C)nn2-c2ccccn2)c1F. The highest BCUT2D eigenvalue weighted by atomic mass is 19.1. The van der Waals surface area contributed by atoms with E-state index in [1.54, 1.807) is 24.4 Å². The van der Waals surface area contributed by atoms with Gasteiger partial charge in [-0.2, -0.15) is 4.68 Å². The minimum Gasteiger partial charge on any atom is -0.491 e. The number of hydrogen-bond acceptors (Lipinski definition) is 4. The maximum atomic E-state index is 14.7. The van der Waals surface area contributed by atoms with Gasteiger partial charge in [0.2, 0.25) is 0 Å². The zero-order chi connectivity index (χ0) is 17.3. The van der Waals surface area contributed by atoms with Gasteiger partial charge in [-0.05, 0) is 24.3 Å². The minimum atomic E-state index is -0.822. The summed E-state index contributed by atoms with van der Waals surface area (Å²) in [6, 6.07) is 7.76. The minimum absolute atomic E-state index is 0.0408. The van der Waals surface area contributed by atoms with Crippen molar-refractivity contribution in [1.29, 1.82) is 0 Å². The van der Waals surface area contributed by atoms with Crippen LogP contribution in [0.2, 0.25) is 0 Å². The van der Waals surface area contributed by atoms with Crippen LogP contribution >= 0.6 is 0 Å². The molecule has 0 atom stereocenters. The van der Waals surface area contributed by atoms with Gasteiger partial charge < -0.3 is 4.74 Å². The zero-order valence-corrected chi connectivity index (χ0v) is 13.5. The second-order valence-electron chi connectivity index (χ2n) is 5.49. The third-order valence-electron chi connectivity index (χ3n) is 3.50. The summed E-state index contributed by atoms with van der Waals surface area (Å²) in [5, 5.41) is 4.42. The number of pyridine rings is 1. The lowest BCUT2D eigenvalue weighted by atomic mass is 10.1. The van der Waals surface area contributed by atoms with Gasteiger partial charge in [0.1, 0.15) is 0 Å². The Bertz CT molecular complexity index is 863. The number of methoxy groups -OCH3 is 1. The van der Waals surface area contributed by atoms with Gasteiger partial charge >= 0.3 is 0 Å². The second kappa shape index (κ2) is 6.35. The first-order chi connectivity index (χ1) is 11.5. The molecule has 2 aromatic heterocycles. The number of ether oxygens (including phenoxy) is 1. The Hall–Kier alpha value is -2.83. The normalized spacial score (nSPS) is 11.1. The Labute approximate surface area is 137 Å². The summed E-state index contributed by atoms with van der Waals surface area (Å²) in [7, 11) is 1.22. The van der Waals surface area contributed by atoms with E-state index < -0.39 is 17.4 Å². The Morgan fingerprint density at radius 2 is 1.92 bits per heavy atom. The standard InChI is InChI=1S/C17H16F2N4O/c1-10(2)16-21-17(23(22-16)13-6-4-5-9-20-13)11-7-8-12(18)15(24-3)14(11)19/h4-10H,1-3H3. The molecule has 0 fully saturated rings. The maximum Gasteiger partial charge on any atom is 0.191 e. The Morgan fingerprint density at radius 3 is 2.54 bits per heavy atom. The molecule has 0 amide bonds. The second-order valence-corrected chi connectivity index (χ2v) is 5.49. The van der Waals surface area contributed by atoms with Crippen molar-refractivity contribution in [2.45, 2.75) is 19.8 Å². The van der Waals surface area contributed by atoms with Crippen LogP contribution in [0, 0.1) is 11.6 Å². The molecule has 0 unspecified atom stereocenters. The van der Waals surface area contributed by atoms with Crippen molar-refractivity contribution in [3.63, 3.8) is 0 Å². The third-order valence-corrected chi connectivity index (χ3v) is 3.50. The quantitative estimate of drug-likeness (QED) is 0.731. The molecule has 5 nitrogen and oxygen atoms in total. The molecular formula is C17H16F2N4O. The van der Waals surface area contributed by atoms with Gasteiger partial charge in [0.05, 0.1) is 12.7 Å². The smallest absolute Gasteiger partial charge is 0.191 e. The molecule has 24 heavy (non-hydrogen) atoms. The van der Waals surface area contributed by atoms with E-state index in [1.807, 2.05) is 13.8 Å². The van der Waals surface area contributed by atoms with Crippen LogP contribution in [-0.4, -0.2) is 26.9 Å². The monoisotopic (exact) mass is 330 g/mol. The number of benzene rings is 1. The fourth-order valence-electron chi connectivity index (χ4n) is 2.28. The van der Waals surface area contributed by atoms with Crippen LogP contribution in [0.4, 0.5) is 8.78 Å². The van der Waals surface area contributed by atoms with E-state index in [2.05, 4.69) is 15.1 Å². The van der Waals surface area contributed by atoms with Crippen molar-refractivity contribution in [3.8, 4) is 23.0 Å². The summed E-state index contributed by atoms with van der Waals surface area (Å²) < 4.78 is 34.6. The molecule has 0 saturated carbocycles. The predicted molar refractivity (Wildman–Crippen MR) is 85.1 cm³/mol. The van der Waals surface area contributed by atoms with Gasteiger partial charge in [0.25, 0.3) is 0 Å². The van der Waals surface area contributed by atoms with Crippen molar-refractivity contribution < 1.29 is 13.5 Å². The van der Waals surface area contributed by atoms with Gasteiger partial charge in [-0.3, -0.25) is 0 Å². The average Bonchev–Trinajstić information content (AvgIpc) is 3.01. The number of aromatic nitrogens is 4.